The van der Waals surface area contributed by atoms with E-state index in [2.05, 4.69) is 27.0 Å². The third-order valence-corrected chi connectivity index (χ3v) is 2.90. The Hall–Kier alpha value is -1.57. The molecule has 1 heterocycles. The fraction of sp³-hybridized carbons (Fsp3) is 0.0769. The summed E-state index contributed by atoms with van der Waals surface area (Å²) in [5.41, 5.74) is 0.944. The van der Waals surface area contributed by atoms with E-state index in [9.17, 15) is 0 Å². The van der Waals surface area contributed by atoms with Crippen LogP contribution in [0, 0.1) is 11.3 Å². The quantitative estimate of drug-likeness (QED) is 0.843. The summed E-state index contributed by atoms with van der Waals surface area (Å²) in [5.74, 6) is 0.987. The fourth-order valence-electron chi connectivity index (χ4n) is 1.36. The average Bonchev–Trinajstić information content (AvgIpc) is 2.35. The summed E-state index contributed by atoms with van der Waals surface area (Å²) >= 11 is 9.28. The summed E-state index contributed by atoms with van der Waals surface area (Å²) in [6.07, 6.45) is 2.00. The molecule has 90 valence electrons. The van der Waals surface area contributed by atoms with E-state index in [1.807, 2.05) is 12.1 Å². The van der Waals surface area contributed by atoms with Gasteiger partial charge in [0, 0.05) is 10.7 Å². The second-order valence-electron chi connectivity index (χ2n) is 3.52. The lowest BCUT2D eigenvalue weighted by Crippen LogP contribution is -1.89. The van der Waals surface area contributed by atoms with Crippen LogP contribution in [0.15, 0.2) is 41.0 Å². The number of nitrogens with zero attached hydrogens (tertiary/aromatic N) is 2. The van der Waals surface area contributed by atoms with Crippen LogP contribution in [-0.4, -0.2) is 4.98 Å². The minimum Gasteiger partial charge on any atom is -0.438 e. The number of hydrogen-bond acceptors (Lipinski definition) is 3. The Morgan fingerprint density at radius 2 is 2.06 bits per heavy atom. The summed E-state index contributed by atoms with van der Waals surface area (Å²) in [5, 5.41) is 9.01. The Bertz CT molecular complexity index is 593. The number of nitriles is 1. The highest BCUT2D eigenvalue weighted by molar-refractivity contribution is 9.10. The third kappa shape index (κ3) is 3.22. The fourth-order valence-corrected chi connectivity index (χ4v) is 2.02. The van der Waals surface area contributed by atoms with E-state index in [1.165, 1.54) is 0 Å². The Balaban J connectivity index is 2.16. The summed E-state index contributed by atoms with van der Waals surface area (Å²) in [6, 6.07) is 11.1. The van der Waals surface area contributed by atoms with Crippen molar-refractivity contribution >= 4 is 27.5 Å². The van der Waals surface area contributed by atoms with Crippen LogP contribution in [0.25, 0.3) is 0 Å². The molecule has 0 atom stereocenters. The molecule has 0 aliphatic heterocycles. The molecule has 0 saturated carbocycles. The van der Waals surface area contributed by atoms with E-state index in [-0.39, 0.29) is 0 Å². The second kappa shape index (κ2) is 5.85. The van der Waals surface area contributed by atoms with Gasteiger partial charge in [0.1, 0.15) is 10.8 Å². The van der Waals surface area contributed by atoms with Crippen LogP contribution in [0.5, 0.6) is 11.6 Å². The lowest BCUT2D eigenvalue weighted by atomic mass is 10.2. The van der Waals surface area contributed by atoms with Crippen molar-refractivity contribution in [2.45, 2.75) is 6.42 Å². The number of pyridine rings is 1. The van der Waals surface area contributed by atoms with E-state index in [0.29, 0.717) is 23.1 Å². The molecule has 0 radical (unpaired) electrons. The molecule has 0 unspecified atom stereocenters. The topological polar surface area (TPSA) is 45.9 Å². The van der Waals surface area contributed by atoms with Crippen molar-refractivity contribution < 1.29 is 4.74 Å². The second-order valence-corrected chi connectivity index (χ2v) is 4.84. The average molecular weight is 324 g/mol. The number of halogens is 2. The molecule has 0 amide bonds. The number of rotatable bonds is 3. The first-order valence-corrected chi connectivity index (χ1v) is 6.31. The van der Waals surface area contributed by atoms with Crippen LogP contribution in [-0.2, 0) is 6.42 Å². The zero-order valence-electron chi connectivity index (χ0n) is 9.23. The van der Waals surface area contributed by atoms with Gasteiger partial charge >= 0.3 is 0 Å². The van der Waals surface area contributed by atoms with E-state index in [4.69, 9.17) is 21.6 Å². The summed E-state index contributed by atoms with van der Waals surface area (Å²) in [4.78, 5) is 4.08. The minimum absolute atomic E-state index is 0.355. The molecule has 0 bridgehead atoms. The van der Waals surface area contributed by atoms with Gasteiger partial charge < -0.3 is 4.74 Å². The van der Waals surface area contributed by atoms with Crippen molar-refractivity contribution in [2.24, 2.45) is 0 Å². The minimum atomic E-state index is 0.355. The first-order valence-electron chi connectivity index (χ1n) is 5.14. The van der Waals surface area contributed by atoms with E-state index in [1.54, 1.807) is 24.4 Å². The predicted molar refractivity (Wildman–Crippen MR) is 72.8 cm³/mol. The van der Waals surface area contributed by atoms with Gasteiger partial charge in [-0.1, -0.05) is 23.7 Å². The van der Waals surface area contributed by atoms with Crippen LogP contribution in [0.3, 0.4) is 0 Å². The lowest BCUT2D eigenvalue weighted by Gasteiger charge is -2.06. The largest absolute Gasteiger partial charge is 0.438 e. The maximum atomic E-state index is 8.57. The lowest BCUT2D eigenvalue weighted by molar-refractivity contribution is 0.463. The Morgan fingerprint density at radius 1 is 1.33 bits per heavy atom. The first-order chi connectivity index (χ1) is 8.69. The van der Waals surface area contributed by atoms with Crippen molar-refractivity contribution in [3.8, 4) is 17.7 Å². The highest BCUT2D eigenvalue weighted by Crippen LogP contribution is 2.29. The Labute approximate surface area is 118 Å². The molecule has 0 aliphatic carbocycles. The molecule has 2 aromatic rings. The van der Waals surface area contributed by atoms with Gasteiger partial charge in [-0.15, -0.1) is 0 Å². The molecule has 1 aromatic heterocycles. The monoisotopic (exact) mass is 322 g/mol. The number of ether oxygens (including phenoxy) is 1. The smallest absolute Gasteiger partial charge is 0.238 e. The van der Waals surface area contributed by atoms with Crippen LogP contribution in [0.4, 0.5) is 0 Å². The molecule has 0 aliphatic rings. The van der Waals surface area contributed by atoms with Gasteiger partial charge in [-0.3, -0.25) is 0 Å². The van der Waals surface area contributed by atoms with Gasteiger partial charge in [-0.05, 0) is 39.7 Å². The van der Waals surface area contributed by atoms with Crippen LogP contribution >= 0.6 is 27.5 Å². The van der Waals surface area contributed by atoms with Gasteiger partial charge in [0.15, 0.2) is 0 Å². The number of hydrogen-bond donors (Lipinski definition) is 0. The summed E-state index contributed by atoms with van der Waals surface area (Å²) in [6.45, 7) is 0. The molecule has 1 aromatic carbocycles. The van der Waals surface area contributed by atoms with Crippen LogP contribution < -0.4 is 4.74 Å². The number of aromatic nitrogens is 1. The normalized spacial score (nSPS) is 9.83. The first kappa shape index (κ1) is 12.9. The van der Waals surface area contributed by atoms with Crippen LogP contribution in [0.2, 0.25) is 5.02 Å². The summed E-state index contributed by atoms with van der Waals surface area (Å²) < 4.78 is 6.35. The van der Waals surface area contributed by atoms with Crippen molar-refractivity contribution in [2.75, 3.05) is 0 Å². The van der Waals surface area contributed by atoms with Crippen molar-refractivity contribution in [3.05, 3.63) is 51.6 Å². The van der Waals surface area contributed by atoms with Gasteiger partial charge in [0.2, 0.25) is 5.88 Å². The summed E-state index contributed by atoms with van der Waals surface area (Å²) in [7, 11) is 0. The van der Waals surface area contributed by atoms with Gasteiger partial charge in [0.05, 0.1) is 12.5 Å². The molecular weight excluding hydrogens is 316 g/mol. The molecule has 0 saturated heterocycles. The van der Waals surface area contributed by atoms with Gasteiger partial charge in [-0.25, -0.2) is 4.98 Å². The van der Waals surface area contributed by atoms with E-state index >= 15 is 0 Å². The van der Waals surface area contributed by atoms with Crippen LogP contribution in [0.1, 0.15) is 5.56 Å². The maximum Gasteiger partial charge on any atom is 0.238 e. The molecule has 3 nitrogen and oxygen atoms in total. The van der Waals surface area contributed by atoms with E-state index < -0.39 is 0 Å². The zero-order valence-corrected chi connectivity index (χ0v) is 11.6. The van der Waals surface area contributed by atoms with E-state index in [0.717, 1.165) is 10.0 Å². The maximum absolute atomic E-state index is 8.57. The van der Waals surface area contributed by atoms with Gasteiger partial charge in [-0.2, -0.15) is 5.26 Å². The molecule has 18 heavy (non-hydrogen) atoms. The number of benzene rings is 1. The highest BCUT2D eigenvalue weighted by Gasteiger charge is 2.05. The predicted octanol–water partition coefficient (Wildman–Crippen LogP) is 4.36. The van der Waals surface area contributed by atoms with Crippen molar-refractivity contribution in [1.29, 1.82) is 5.26 Å². The Kier molecular flexibility index (Phi) is 4.19. The molecule has 2 rings (SSSR count). The third-order valence-electron chi connectivity index (χ3n) is 2.20. The Morgan fingerprint density at radius 3 is 2.67 bits per heavy atom. The molecule has 5 heteroatoms. The molecule has 0 fully saturated rings. The SMILES string of the molecule is N#CCc1ccc(Oc2ncc(Br)cc2Cl)cc1. The van der Waals surface area contributed by atoms with Crippen molar-refractivity contribution in [1.82, 2.24) is 4.98 Å². The van der Waals surface area contributed by atoms with Gasteiger partial charge in [0.25, 0.3) is 0 Å². The molecule has 0 N–H and O–H groups in total. The highest BCUT2D eigenvalue weighted by atomic mass is 79.9. The standard InChI is InChI=1S/C13H8BrClN2O/c14-10-7-12(15)13(17-8-10)18-11-3-1-9(2-4-11)5-6-16/h1-4,7-8H,5H2. The van der Waals surface area contributed by atoms with Crippen molar-refractivity contribution in [3.63, 3.8) is 0 Å². The zero-order chi connectivity index (χ0) is 13.0. The molecule has 0 spiro atoms. The molecular formula is C13H8BrClN2O.